The number of carbonyl (C=O) groups excluding carboxylic acids is 1. The highest BCUT2D eigenvalue weighted by molar-refractivity contribution is 6.01. The summed E-state index contributed by atoms with van der Waals surface area (Å²) in [5.74, 6) is 0.441. The summed E-state index contributed by atoms with van der Waals surface area (Å²) in [4.78, 5) is 15.4. The molecule has 1 amide bonds. The van der Waals surface area contributed by atoms with E-state index in [4.69, 9.17) is 4.74 Å². The Kier molecular flexibility index (Phi) is 5.44. The molecule has 0 aliphatic heterocycles. The van der Waals surface area contributed by atoms with E-state index in [-0.39, 0.29) is 5.91 Å². The standard InChI is InChI=1S/C19H25N3O2/c1-11-8-7-9-17(13(11)3)24-16(6)19(23)22-21-15(5)18-12(2)10-20-14(18)4/h7-10,16,20H,1-6H3,(H,22,23)/b21-15+/t16-/m1/s1. The molecule has 24 heavy (non-hydrogen) atoms. The topological polar surface area (TPSA) is 66.5 Å². The summed E-state index contributed by atoms with van der Waals surface area (Å²) in [5, 5.41) is 4.21. The molecule has 5 heteroatoms. The van der Waals surface area contributed by atoms with E-state index in [1.54, 1.807) is 6.92 Å². The van der Waals surface area contributed by atoms with Crippen molar-refractivity contribution in [1.82, 2.24) is 10.4 Å². The number of aryl methyl sites for hydroxylation is 3. The summed E-state index contributed by atoms with van der Waals surface area (Å²) >= 11 is 0. The highest BCUT2D eigenvalue weighted by Crippen LogP contribution is 2.21. The molecule has 0 unspecified atom stereocenters. The van der Waals surface area contributed by atoms with Gasteiger partial charge >= 0.3 is 0 Å². The van der Waals surface area contributed by atoms with Crippen LogP contribution in [0.3, 0.4) is 0 Å². The minimum Gasteiger partial charge on any atom is -0.481 e. The maximum absolute atomic E-state index is 12.2. The van der Waals surface area contributed by atoms with Gasteiger partial charge in [-0.1, -0.05) is 12.1 Å². The van der Waals surface area contributed by atoms with Crippen LogP contribution in [0.15, 0.2) is 29.5 Å². The fourth-order valence-corrected chi connectivity index (χ4v) is 2.59. The maximum atomic E-state index is 12.2. The minimum absolute atomic E-state index is 0.277. The molecule has 2 rings (SSSR count). The molecule has 2 aromatic rings. The van der Waals surface area contributed by atoms with E-state index in [2.05, 4.69) is 15.5 Å². The van der Waals surface area contributed by atoms with Gasteiger partial charge in [-0.15, -0.1) is 0 Å². The first-order valence-electron chi connectivity index (χ1n) is 8.03. The van der Waals surface area contributed by atoms with E-state index in [9.17, 15) is 4.79 Å². The zero-order valence-corrected chi connectivity index (χ0v) is 15.2. The predicted octanol–water partition coefficient (Wildman–Crippen LogP) is 3.56. The van der Waals surface area contributed by atoms with E-state index >= 15 is 0 Å². The van der Waals surface area contributed by atoms with E-state index < -0.39 is 6.10 Å². The highest BCUT2D eigenvalue weighted by Gasteiger charge is 2.16. The fourth-order valence-electron chi connectivity index (χ4n) is 2.59. The number of nitrogens with one attached hydrogen (secondary N) is 2. The Morgan fingerprint density at radius 3 is 2.54 bits per heavy atom. The van der Waals surface area contributed by atoms with Crippen LogP contribution in [0.25, 0.3) is 0 Å². The third-order valence-corrected chi connectivity index (χ3v) is 4.20. The molecular weight excluding hydrogens is 302 g/mol. The van der Waals surface area contributed by atoms with E-state index in [1.165, 1.54) is 0 Å². The van der Waals surface area contributed by atoms with Crippen LogP contribution < -0.4 is 10.2 Å². The zero-order chi connectivity index (χ0) is 17.9. The molecule has 1 heterocycles. The van der Waals surface area contributed by atoms with Gasteiger partial charge in [0.05, 0.1) is 5.71 Å². The fraction of sp³-hybridized carbons (Fsp3) is 0.368. The van der Waals surface area contributed by atoms with Gasteiger partial charge in [0.25, 0.3) is 5.91 Å². The molecule has 128 valence electrons. The van der Waals surface area contributed by atoms with Gasteiger partial charge in [-0.2, -0.15) is 5.10 Å². The van der Waals surface area contributed by atoms with Crippen LogP contribution in [-0.4, -0.2) is 22.7 Å². The number of aromatic amines is 1. The minimum atomic E-state index is -0.629. The highest BCUT2D eigenvalue weighted by atomic mass is 16.5. The van der Waals surface area contributed by atoms with Crippen LogP contribution in [0, 0.1) is 27.7 Å². The van der Waals surface area contributed by atoms with Gasteiger partial charge in [0.1, 0.15) is 5.75 Å². The molecule has 1 aromatic carbocycles. The van der Waals surface area contributed by atoms with Crippen molar-refractivity contribution < 1.29 is 9.53 Å². The van der Waals surface area contributed by atoms with Crippen molar-refractivity contribution in [3.63, 3.8) is 0 Å². The normalized spacial score (nSPS) is 12.8. The molecular formula is C19H25N3O2. The van der Waals surface area contributed by atoms with Crippen LogP contribution in [0.4, 0.5) is 0 Å². The second-order valence-corrected chi connectivity index (χ2v) is 6.10. The first-order chi connectivity index (χ1) is 11.3. The average Bonchev–Trinajstić information content (AvgIpc) is 2.88. The largest absolute Gasteiger partial charge is 0.481 e. The lowest BCUT2D eigenvalue weighted by Gasteiger charge is -2.16. The number of benzene rings is 1. The van der Waals surface area contributed by atoms with Gasteiger partial charge in [0.15, 0.2) is 6.10 Å². The SMILES string of the molecule is C/C(=N\NC(=O)[C@@H](C)Oc1cccc(C)c1C)c1c(C)c[nH]c1C. The zero-order valence-electron chi connectivity index (χ0n) is 15.2. The maximum Gasteiger partial charge on any atom is 0.280 e. The Bertz CT molecular complexity index is 755. The van der Waals surface area contributed by atoms with Gasteiger partial charge in [-0.25, -0.2) is 5.43 Å². The second-order valence-electron chi connectivity index (χ2n) is 6.10. The number of ether oxygens (including phenoxy) is 1. The Morgan fingerprint density at radius 2 is 1.92 bits per heavy atom. The van der Waals surface area contributed by atoms with Crippen molar-refractivity contribution in [3.05, 3.63) is 52.3 Å². The Labute approximate surface area is 143 Å². The Balaban J connectivity index is 2.04. The van der Waals surface area contributed by atoms with Crippen LogP contribution >= 0.6 is 0 Å². The molecule has 5 nitrogen and oxygen atoms in total. The molecule has 0 saturated heterocycles. The van der Waals surface area contributed by atoms with Gasteiger partial charge in [0, 0.05) is 17.5 Å². The summed E-state index contributed by atoms with van der Waals surface area (Å²) in [5.41, 5.74) is 8.68. The smallest absolute Gasteiger partial charge is 0.280 e. The van der Waals surface area contributed by atoms with Gasteiger partial charge < -0.3 is 9.72 Å². The van der Waals surface area contributed by atoms with Crippen molar-refractivity contribution in [2.45, 2.75) is 47.6 Å². The van der Waals surface area contributed by atoms with Crippen molar-refractivity contribution in [2.75, 3.05) is 0 Å². The molecule has 1 aromatic heterocycles. The van der Waals surface area contributed by atoms with Crippen molar-refractivity contribution in [3.8, 4) is 5.75 Å². The molecule has 0 spiro atoms. The summed E-state index contributed by atoms with van der Waals surface area (Å²) in [6, 6.07) is 5.80. The molecule has 0 radical (unpaired) electrons. The van der Waals surface area contributed by atoms with Crippen LogP contribution in [-0.2, 0) is 4.79 Å². The predicted molar refractivity (Wildman–Crippen MR) is 96.6 cm³/mol. The summed E-state index contributed by atoms with van der Waals surface area (Å²) in [6.45, 7) is 11.6. The summed E-state index contributed by atoms with van der Waals surface area (Å²) in [6.07, 6.45) is 1.30. The lowest BCUT2D eigenvalue weighted by Crippen LogP contribution is -2.34. The monoisotopic (exact) mass is 327 g/mol. The number of rotatable bonds is 5. The first-order valence-corrected chi connectivity index (χ1v) is 8.03. The third-order valence-electron chi connectivity index (χ3n) is 4.20. The first kappa shape index (κ1) is 17.8. The lowest BCUT2D eigenvalue weighted by atomic mass is 10.1. The number of carbonyl (C=O) groups is 1. The van der Waals surface area contributed by atoms with Crippen molar-refractivity contribution >= 4 is 11.6 Å². The summed E-state index contributed by atoms with van der Waals surface area (Å²) < 4.78 is 5.77. The molecule has 2 N–H and O–H groups in total. The number of nitrogens with zero attached hydrogens (tertiary/aromatic N) is 1. The number of amides is 1. The van der Waals surface area contributed by atoms with Crippen molar-refractivity contribution in [2.24, 2.45) is 5.10 Å². The Morgan fingerprint density at radius 1 is 1.21 bits per heavy atom. The number of hydrogen-bond acceptors (Lipinski definition) is 3. The lowest BCUT2D eigenvalue weighted by molar-refractivity contribution is -0.127. The molecule has 0 bridgehead atoms. The van der Waals surface area contributed by atoms with E-state index in [0.29, 0.717) is 0 Å². The molecule has 1 atom stereocenters. The quantitative estimate of drug-likeness (QED) is 0.651. The van der Waals surface area contributed by atoms with E-state index in [0.717, 1.165) is 39.4 Å². The van der Waals surface area contributed by atoms with E-state index in [1.807, 2.05) is 59.0 Å². The molecule has 0 saturated carbocycles. The molecule has 0 fully saturated rings. The Hall–Kier alpha value is -2.56. The molecule has 0 aliphatic rings. The van der Waals surface area contributed by atoms with Crippen molar-refractivity contribution in [1.29, 1.82) is 0 Å². The van der Waals surface area contributed by atoms with Crippen LogP contribution in [0.5, 0.6) is 5.75 Å². The number of hydrogen-bond donors (Lipinski definition) is 2. The van der Waals surface area contributed by atoms with Gasteiger partial charge in [-0.3, -0.25) is 4.79 Å². The number of hydrazone groups is 1. The molecule has 0 aliphatic carbocycles. The van der Waals surface area contributed by atoms with Crippen LogP contribution in [0.2, 0.25) is 0 Å². The number of aromatic nitrogens is 1. The third kappa shape index (κ3) is 3.85. The van der Waals surface area contributed by atoms with Gasteiger partial charge in [-0.05, 0) is 64.3 Å². The number of H-pyrrole nitrogens is 1. The second kappa shape index (κ2) is 7.34. The van der Waals surface area contributed by atoms with Crippen LogP contribution in [0.1, 0.15) is 41.8 Å². The summed E-state index contributed by atoms with van der Waals surface area (Å²) in [7, 11) is 0. The average molecular weight is 327 g/mol. The van der Waals surface area contributed by atoms with Gasteiger partial charge in [0.2, 0.25) is 0 Å².